The molecule has 0 radical (unpaired) electrons. The third-order valence-electron chi connectivity index (χ3n) is 6.21. The topological polar surface area (TPSA) is 76.2 Å². The maximum absolute atomic E-state index is 13.0. The van der Waals surface area contributed by atoms with Crippen LogP contribution in [-0.4, -0.2) is 54.6 Å². The maximum atomic E-state index is 13.0. The first-order valence-corrected chi connectivity index (χ1v) is 11.2. The average molecular weight is 424 g/mol. The molecule has 1 aliphatic heterocycles. The smallest absolute Gasteiger partial charge is 0.264 e. The Morgan fingerprint density at radius 3 is 2.52 bits per heavy atom. The molecule has 1 fully saturated rings. The summed E-state index contributed by atoms with van der Waals surface area (Å²) in [5.41, 5.74) is 0.716. The van der Waals surface area contributed by atoms with E-state index < -0.39 is 5.60 Å². The predicted molar refractivity (Wildman–Crippen MR) is 122 cm³/mol. The van der Waals surface area contributed by atoms with Crippen LogP contribution >= 0.6 is 0 Å². The summed E-state index contributed by atoms with van der Waals surface area (Å²) in [7, 11) is 0. The van der Waals surface area contributed by atoms with Crippen molar-refractivity contribution in [2.45, 2.75) is 58.6 Å². The number of hydrogen-bond acceptors (Lipinski definition) is 5. The molecule has 0 aliphatic carbocycles. The lowest BCUT2D eigenvalue weighted by Crippen LogP contribution is -2.48. The van der Waals surface area contributed by atoms with Gasteiger partial charge in [-0.2, -0.15) is 5.10 Å². The molecular weight excluding hydrogens is 390 g/mol. The van der Waals surface area contributed by atoms with Gasteiger partial charge in [0.2, 0.25) is 0 Å². The molecule has 0 unspecified atom stereocenters. The Hall–Kier alpha value is -2.51. The summed E-state index contributed by atoms with van der Waals surface area (Å²) < 4.78 is 3.21. The van der Waals surface area contributed by atoms with Gasteiger partial charge in [-0.25, -0.2) is 9.67 Å². The molecule has 7 nitrogen and oxygen atoms in total. The van der Waals surface area contributed by atoms with Gasteiger partial charge in [-0.05, 0) is 49.8 Å². The van der Waals surface area contributed by atoms with Gasteiger partial charge in [-0.15, -0.1) is 0 Å². The Morgan fingerprint density at radius 2 is 1.84 bits per heavy atom. The second-order valence-electron chi connectivity index (χ2n) is 10.0. The standard InChI is InChI=1S/C24H33N5O2/c1-23(2,3)10-7-13-27-14-11-24(31,12-15-27)17-28-18-25-21-20(22(28)30)16-26-29(21)19-8-5-4-6-9-19/h4-6,8-9,16,18,31H,7,10-15,17H2,1-3H3. The molecule has 1 N–H and O–H groups in total. The molecule has 0 spiro atoms. The quantitative estimate of drug-likeness (QED) is 0.659. The zero-order valence-corrected chi connectivity index (χ0v) is 18.8. The molecule has 0 amide bonds. The summed E-state index contributed by atoms with van der Waals surface area (Å²) in [6.45, 7) is 9.87. The fraction of sp³-hybridized carbons (Fsp3) is 0.542. The summed E-state index contributed by atoms with van der Waals surface area (Å²) >= 11 is 0. The van der Waals surface area contributed by atoms with Gasteiger partial charge in [0.05, 0.1) is 24.0 Å². The summed E-state index contributed by atoms with van der Waals surface area (Å²) in [5.74, 6) is 0. The van der Waals surface area contributed by atoms with Crippen LogP contribution in [0.15, 0.2) is 47.7 Å². The summed E-state index contributed by atoms with van der Waals surface area (Å²) in [5, 5.41) is 16.0. The minimum absolute atomic E-state index is 0.159. The first kappa shape index (κ1) is 21.7. The maximum Gasteiger partial charge on any atom is 0.264 e. The van der Waals surface area contributed by atoms with Gasteiger partial charge in [0.15, 0.2) is 5.65 Å². The van der Waals surface area contributed by atoms with Gasteiger partial charge in [-0.3, -0.25) is 9.36 Å². The van der Waals surface area contributed by atoms with Crippen LogP contribution in [0, 0.1) is 5.41 Å². The molecule has 0 bridgehead atoms. The number of benzene rings is 1. The zero-order valence-electron chi connectivity index (χ0n) is 18.8. The number of aromatic nitrogens is 4. The van der Waals surface area contributed by atoms with Crippen LogP contribution < -0.4 is 5.56 Å². The van der Waals surface area contributed by atoms with E-state index in [1.807, 2.05) is 30.3 Å². The van der Waals surface area contributed by atoms with Crippen molar-refractivity contribution in [2.75, 3.05) is 19.6 Å². The predicted octanol–water partition coefficient (Wildman–Crippen LogP) is 3.24. The first-order valence-electron chi connectivity index (χ1n) is 11.2. The summed E-state index contributed by atoms with van der Waals surface area (Å²) in [4.78, 5) is 20.0. The van der Waals surface area contributed by atoms with Crippen LogP contribution in [-0.2, 0) is 6.54 Å². The third kappa shape index (κ3) is 5.05. The van der Waals surface area contributed by atoms with Crippen molar-refractivity contribution >= 4 is 11.0 Å². The molecule has 3 aromatic rings. The zero-order chi connectivity index (χ0) is 22.1. The van der Waals surface area contributed by atoms with Crippen LogP contribution in [0.25, 0.3) is 16.7 Å². The molecule has 31 heavy (non-hydrogen) atoms. The number of nitrogens with zero attached hydrogens (tertiary/aromatic N) is 5. The Kier molecular flexibility index (Phi) is 5.99. The average Bonchev–Trinajstić information content (AvgIpc) is 3.16. The lowest BCUT2D eigenvalue weighted by atomic mass is 9.89. The molecule has 2 aromatic heterocycles. The monoisotopic (exact) mass is 423 g/mol. The highest BCUT2D eigenvalue weighted by molar-refractivity contribution is 5.74. The Labute approximate surface area is 183 Å². The van der Waals surface area contributed by atoms with Gasteiger partial charge >= 0.3 is 0 Å². The Bertz CT molecular complexity index is 1070. The first-order chi connectivity index (χ1) is 14.7. The highest BCUT2D eigenvalue weighted by Crippen LogP contribution is 2.26. The van der Waals surface area contributed by atoms with E-state index in [0.29, 0.717) is 29.3 Å². The van der Waals surface area contributed by atoms with Crippen molar-refractivity contribution in [3.63, 3.8) is 0 Å². The minimum atomic E-state index is -0.880. The fourth-order valence-corrected chi connectivity index (χ4v) is 4.32. The number of piperidine rings is 1. The molecule has 166 valence electrons. The molecule has 7 heteroatoms. The minimum Gasteiger partial charge on any atom is -0.388 e. The SMILES string of the molecule is CC(C)(C)CCCN1CCC(O)(Cn2cnc3c(cnn3-c3ccccc3)c2=O)CC1. The molecule has 4 rings (SSSR count). The number of hydrogen-bond donors (Lipinski definition) is 1. The molecule has 1 saturated heterocycles. The van der Waals surface area contributed by atoms with Crippen molar-refractivity contribution in [3.05, 3.63) is 53.2 Å². The van der Waals surface area contributed by atoms with E-state index >= 15 is 0 Å². The number of rotatable bonds is 6. The van der Waals surface area contributed by atoms with Crippen LogP contribution in [0.2, 0.25) is 0 Å². The number of para-hydroxylation sites is 1. The van der Waals surface area contributed by atoms with E-state index in [1.165, 1.54) is 17.4 Å². The number of aliphatic hydroxyl groups is 1. The molecule has 0 atom stereocenters. The highest BCUT2D eigenvalue weighted by atomic mass is 16.3. The summed E-state index contributed by atoms with van der Waals surface area (Å²) in [6.07, 6.45) is 6.81. The van der Waals surface area contributed by atoms with Gasteiger partial charge in [0, 0.05) is 13.1 Å². The van der Waals surface area contributed by atoms with Crippen molar-refractivity contribution in [2.24, 2.45) is 5.41 Å². The molecule has 1 aliphatic rings. The fourth-order valence-electron chi connectivity index (χ4n) is 4.32. The van der Waals surface area contributed by atoms with Crippen molar-refractivity contribution in [1.82, 2.24) is 24.2 Å². The van der Waals surface area contributed by atoms with Crippen LogP contribution in [0.3, 0.4) is 0 Å². The Balaban J connectivity index is 1.43. The van der Waals surface area contributed by atoms with E-state index in [9.17, 15) is 9.90 Å². The lowest BCUT2D eigenvalue weighted by Gasteiger charge is -2.38. The molecule has 3 heterocycles. The van der Waals surface area contributed by atoms with E-state index in [1.54, 1.807) is 17.2 Å². The summed E-state index contributed by atoms with van der Waals surface area (Å²) in [6, 6.07) is 9.64. The number of fused-ring (bicyclic) bond motifs is 1. The Morgan fingerprint density at radius 1 is 1.13 bits per heavy atom. The van der Waals surface area contributed by atoms with Crippen molar-refractivity contribution < 1.29 is 5.11 Å². The van der Waals surface area contributed by atoms with Gasteiger partial charge in [0.1, 0.15) is 11.7 Å². The van der Waals surface area contributed by atoms with Gasteiger partial charge in [0.25, 0.3) is 5.56 Å². The van der Waals surface area contributed by atoms with E-state index in [2.05, 4.69) is 35.8 Å². The van der Waals surface area contributed by atoms with Gasteiger partial charge in [-0.1, -0.05) is 39.0 Å². The van der Waals surface area contributed by atoms with E-state index in [4.69, 9.17) is 0 Å². The van der Waals surface area contributed by atoms with Crippen LogP contribution in [0.1, 0.15) is 46.5 Å². The van der Waals surface area contributed by atoms with Crippen LogP contribution in [0.5, 0.6) is 0 Å². The van der Waals surface area contributed by atoms with E-state index in [-0.39, 0.29) is 12.1 Å². The number of likely N-dealkylation sites (tertiary alicyclic amines) is 1. The highest BCUT2D eigenvalue weighted by Gasteiger charge is 2.33. The normalized spacial score (nSPS) is 17.3. The molecule has 1 aromatic carbocycles. The van der Waals surface area contributed by atoms with Gasteiger partial charge < -0.3 is 10.0 Å². The second-order valence-corrected chi connectivity index (χ2v) is 10.0. The van der Waals surface area contributed by atoms with Crippen molar-refractivity contribution in [1.29, 1.82) is 0 Å². The third-order valence-corrected chi connectivity index (χ3v) is 6.21. The molecular formula is C24H33N5O2. The van der Waals surface area contributed by atoms with E-state index in [0.717, 1.165) is 25.3 Å². The second kappa shape index (κ2) is 8.55. The molecule has 0 saturated carbocycles. The van der Waals surface area contributed by atoms with Crippen molar-refractivity contribution in [3.8, 4) is 5.69 Å². The lowest BCUT2D eigenvalue weighted by molar-refractivity contribution is -0.0353. The van der Waals surface area contributed by atoms with Crippen LogP contribution in [0.4, 0.5) is 0 Å². The largest absolute Gasteiger partial charge is 0.388 e.